The van der Waals surface area contributed by atoms with Gasteiger partial charge in [-0.25, -0.2) is 0 Å². The van der Waals surface area contributed by atoms with Crippen molar-refractivity contribution in [3.05, 3.63) is 56.1 Å². The van der Waals surface area contributed by atoms with Gasteiger partial charge in [-0.15, -0.1) is 0 Å². The number of Topliss-reactive ketones (excluding diaryl/α,β-unsaturated/α-hetero) is 1. The van der Waals surface area contributed by atoms with Gasteiger partial charge < -0.3 is 5.32 Å². The molecule has 0 saturated carbocycles. The standard InChI is InChI=1S/C13H13N3O6/c17-11(9-5-2-1-3-6-9)10-7-4-8-13(15(19)20,16(21)22)12(18)14-10/h1-3,5-6,10H,4,7-8H2,(H,14,18). The summed E-state index contributed by atoms with van der Waals surface area (Å²) in [6.07, 6.45) is -0.412. The van der Waals surface area contributed by atoms with Crippen molar-refractivity contribution < 1.29 is 19.4 Å². The van der Waals surface area contributed by atoms with Crippen LogP contribution < -0.4 is 5.32 Å². The Hall–Kier alpha value is -2.84. The zero-order chi connectivity index (χ0) is 16.3. The second-order valence-electron chi connectivity index (χ2n) is 4.98. The van der Waals surface area contributed by atoms with Gasteiger partial charge in [0.15, 0.2) is 5.78 Å². The van der Waals surface area contributed by atoms with E-state index in [1.165, 1.54) is 0 Å². The average molecular weight is 307 g/mol. The van der Waals surface area contributed by atoms with Crippen molar-refractivity contribution in [3.63, 3.8) is 0 Å². The minimum absolute atomic E-state index is 0.0178. The Morgan fingerprint density at radius 1 is 1.18 bits per heavy atom. The maximum atomic E-state index is 12.3. The van der Waals surface area contributed by atoms with Crippen molar-refractivity contribution in [1.29, 1.82) is 0 Å². The van der Waals surface area contributed by atoms with Crippen molar-refractivity contribution in [1.82, 2.24) is 5.32 Å². The smallest absolute Gasteiger partial charge is 0.333 e. The Morgan fingerprint density at radius 3 is 2.32 bits per heavy atom. The number of hydrogen-bond acceptors (Lipinski definition) is 6. The molecule has 1 atom stereocenters. The minimum atomic E-state index is -2.92. The van der Waals surface area contributed by atoms with E-state index in [9.17, 15) is 29.8 Å². The average Bonchev–Trinajstić information content (AvgIpc) is 2.67. The molecule has 1 fully saturated rings. The summed E-state index contributed by atoms with van der Waals surface area (Å²) in [4.78, 5) is 44.0. The van der Waals surface area contributed by atoms with Gasteiger partial charge in [0.1, 0.15) is 16.3 Å². The van der Waals surface area contributed by atoms with Crippen molar-refractivity contribution in [2.45, 2.75) is 31.0 Å². The fraction of sp³-hybridized carbons (Fsp3) is 0.385. The molecule has 1 aliphatic heterocycles. The maximum absolute atomic E-state index is 12.3. The number of hydrogen-bond donors (Lipinski definition) is 1. The van der Waals surface area contributed by atoms with E-state index in [1.54, 1.807) is 30.3 Å². The molecule has 1 saturated heterocycles. The fourth-order valence-corrected chi connectivity index (χ4v) is 2.43. The van der Waals surface area contributed by atoms with E-state index < -0.39 is 39.7 Å². The molecule has 1 unspecified atom stereocenters. The summed E-state index contributed by atoms with van der Waals surface area (Å²) >= 11 is 0. The molecule has 9 nitrogen and oxygen atoms in total. The number of rotatable bonds is 4. The zero-order valence-electron chi connectivity index (χ0n) is 11.4. The normalized spacial score (nSPS) is 20.5. The Morgan fingerprint density at radius 2 is 1.77 bits per heavy atom. The lowest BCUT2D eigenvalue weighted by Crippen LogP contribution is -2.59. The van der Waals surface area contributed by atoms with Crippen LogP contribution in [0.25, 0.3) is 0 Å². The van der Waals surface area contributed by atoms with E-state index in [2.05, 4.69) is 5.32 Å². The third-order valence-electron chi connectivity index (χ3n) is 3.67. The first-order valence-electron chi connectivity index (χ1n) is 6.59. The number of benzene rings is 1. The van der Waals surface area contributed by atoms with Gasteiger partial charge in [0.05, 0.1) is 6.04 Å². The third kappa shape index (κ3) is 2.52. The minimum Gasteiger partial charge on any atom is -0.333 e. The topological polar surface area (TPSA) is 132 Å². The van der Waals surface area contributed by atoms with Gasteiger partial charge >= 0.3 is 11.6 Å². The van der Waals surface area contributed by atoms with Gasteiger partial charge in [0.2, 0.25) is 0 Å². The lowest BCUT2D eigenvalue weighted by atomic mass is 9.99. The van der Waals surface area contributed by atoms with Crippen LogP contribution in [0.3, 0.4) is 0 Å². The Bertz CT molecular complexity index is 616. The third-order valence-corrected chi connectivity index (χ3v) is 3.67. The molecule has 1 aromatic rings. The molecule has 0 aliphatic carbocycles. The summed E-state index contributed by atoms with van der Waals surface area (Å²) in [7, 11) is 0. The van der Waals surface area contributed by atoms with Gasteiger partial charge in [0, 0.05) is 5.56 Å². The molecular formula is C13H13N3O6. The highest BCUT2D eigenvalue weighted by Crippen LogP contribution is 2.25. The molecule has 116 valence electrons. The summed E-state index contributed by atoms with van der Waals surface area (Å²) in [6, 6.07) is 7.10. The van der Waals surface area contributed by atoms with E-state index >= 15 is 0 Å². The lowest BCUT2D eigenvalue weighted by Gasteiger charge is -2.16. The predicted molar refractivity (Wildman–Crippen MR) is 73.3 cm³/mol. The molecule has 0 spiro atoms. The van der Waals surface area contributed by atoms with Crippen LogP contribution in [-0.4, -0.2) is 33.2 Å². The molecule has 9 heteroatoms. The number of nitrogens with one attached hydrogen (secondary N) is 1. The van der Waals surface area contributed by atoms with Gasteiger partial charge in [-0.2, -0.15) is 0 Å². The largest absolute Gasteiger partial charge is 0.534 e. The second-order valence-corrected chi connectivity index (χ2v) is 4.98. The van der Waals surface area contributed by atoms with Gasteiger partial charge in [-0.1, -0.05) is 30.3 Å². The molecule has 1 amide bonds. The van der Waals surface area contributed by atoms with Crippen LogP contribution in [0.2, 0.25) is 0 Å². The van der Waals surface area contributed by atoms with Crippen LogP contribution in [-0.2, 0) is 4.79 Å². The van der Waals surface area contributed by atoms with E-state index in [4.69, 9.17) is 0 Å². The number of nitro groups is 2. The van der Waals surface area contributed by atoms with E-state index in [0.29, 0.717) is 5.56 Å². The SMILES string of the molecule is O=C(c1ccccc1)C1CCCC([N+](=O)[O-])([N+](=O)[O-])C(=O)N1. The first kappa shape index (κ1) is 15.5. The van der Waals surface area contributed by atoms with Crippen LogP contribution >= 0.6 is 0 Å². The molecule has 2 rings (SSSR count). The second kappa shape index (κ2) is 5.88. The molecule has 1 aromatic carbocycles. The van der Waals surface area contributed by atoms with Crippen LogP contribution in [0.15, 0.2) is 30.3 Å². The van der Waals surface area contributed by atoms with E-state index in [0.717, 1.165) is 0 Å². The molecule has 1 heterocycles. The monoisotopic (exact) mass is 307 g/mol. The first-order chi connectivity index (χ1) is 10.4. The van der Waals surface area contributed by atoms with Crippen molar-refractivity contribution in [3.8, 4) is 0 Å². The summed E-state index contributed by atoms with van der Waals surface area (Å²) in [5.41, 5.74) is -2.59. The molecule has 0 aromatic heterocycles. The van der Waals surface area contributed by atoms with E-state index in [-0.39, 0.29) is 12.8 Å². The van der Waals surface area contributed by atoms with Gasteiger partial charge in [-0.3, -0.25) is 29.8 Å². The highest BCUT2D eigenvalue weighted by atomic mass is 16.7. The maximum Gasteiger partial charge on any atom is 0.534 e. The van der Waals surface area contributed by atoms with Crippen molar-refractivity contribution in [2.75, 3.05) is 0 Å². The summed E-state index contributed by atoms with van der Waals surface area (Å²) in [5.74, 6) is -1.77. The van der Waals surface area contributed by atoms with Gasteiger partial charge in [-0.05, 0) is 12.8 Å². The molecule has 0 radical (unpaired) electrons. The van der Waals surface area contributed by atoms with E-state index in [1.807, 2.05) is 0 Å². The first-order valence-corrected chi connectivity index (χ1v) is 6.59. The molecule has 0 bridgehead atoms. The number of carbonyl (C=O) groups is 2. The highest BCUT2D eigenvalue weighted by molar-refractivity contribution is 6.02. The van der Waals surface area contributed by atoms with Gasteiger partial charge in [0.25, 0.3) is 0 Å². The fourth-order valence-electron chi connectivity index (χ4n) is 2.43. The number of amides is 1. The molecular weight excluding hydrogens is 294 g/mol. The predicted octanol–water partition coefficient (Wildman–Crippen LogP) is 0.788. The Balaban J connectivity index is 2.28. The summed E-state index contributed by atoms with van der Waals surface area (Å²) < 4.78 is 0. The summed E-state index contributed by atoms with van der Waals surface area (Å²) in [6.45, 7) is 0. The number of ketones is 1. The Labute approximate surface area is 124 Å². The highest BCUT2D eigenvalue weighted by Gasteiger charge is 2.65. The quantitative estimate of drug-likeness (QED) is 0.378. The van der Waals surface area contributed by atoms with Crippen molar-refractivity contribution in [2.24, 2.45) is 0 Å². The zero-order valence-corrected chi connectivity index (χ0v) is 11.4. The van der Waals surface area contributed by atoms with Crippen LogP contribution in [0.5, 0.6) is 0 Å². The molecule has 1 N–H and O–H groups in total. The number of carbonyl (C=O) groups excluding carboxylic acids is 2. The van der Waals surface area contributed by atoms with Crippen LogP contribution in [0, 0.1) is 20.2 Å². The van der Waals surface area contributed by atoms with Crippen LogP contribution in [0.1, 0.15) is 29.6 Å². The van der Waals surface area contributed by atoms with Crippen molar-refractivity contribution >= 4 is 11.7 Å². The lowest BCUT2D eigenvalue weighted by molar-refractivity contribution is -0.776. The summed E-state index contributed by atoms with van der Waals surface area (Å²) in [5, 5.41) is 24.3. The molecule has 22 heavy (non-hydrogen) atoms. The number of nitrogens with zero attached hydrogens (tertiary/aromatic N) is 2. The Kier molecular flexibility index (Phi) is 4.15. The van der Waals surface area contributed by atoms with Crippen LogP contribution in [0.4, 0.5) is 0 Å². The molecule has 1 aliphatic rings.